The summed E-state index contributed by atoms with van der Waals surface area (Å²) in [6.07, 6.45) is 0. The molecule has 0 aliphatic carbocycles. The number of methoxy groups -OCH3 is 1. The van der Waals surface area contributed by atoms with Gasteiger partial charge in [0.1, 0.15) is 12.4 Å². The van der Waals surface area contributed by atoms with Crippen LogP contribution in [0.1, 0.15) is 30.2 Å². The van der Waals surface area contributed by atoms with Crippen molar-refractivity contribution >= 4 is 41.5 Å². The Labute approximate surface area is 176 Å². The van der Waals surface area contributed by atoms with E-state index in [-0.39, 0.29) is 30.0 Å². The number of ether oxygens (including phenoxy) is 1. The van der Waals surface area contributed by atoms with E-state index in [1.165, 1.54) is 0 Å². The average Bonchev–Trinajstić information content (AvgIpc) is 2.92. The fourth-order valence-electron chi connectivity index (χ4n) is 2.27. The van der Waals surface area contributed by atoms with Gasteiger partial charge in [0.15, 0.2) is 11.8 Å². The highest BCUT2D eigenvalue weighted by atomic mass is 127. The molecule has 9 heteroatoms. The minimum Gasteiger partial charge on any atom is -0.383 e. The van der Waals surface area contributed by atoms with Gasteiger partial charge in [-0.3, -0.25) is 0 Å². The highest BCUT2D eigenvalue weighted by Gasteiger charge is 2.12. The Morgan fingerprint density at radius 2 is 2.08 bits per heavy atom. The molecule has 1 heterocycles. The van der Waals surface area contributed by atoms with Crippen LogP contribution in [-0.4, -0.2) is 41.0 Å². The van der Waals surface area contributed by atoms with Gasteiger partial charge in [-0.2, -0.15) is 0 Å². The van der Waals surface area contributed by atoms with Gasteiger partial charge in [0.25, 0.3) is 0 Å². The van der Waals surface area contributed by atoms with Gasteiger partial charge in [-0.15, -0.1) is 34.2 Å². The third-order valence-electron chi connectivity index (χ3n) is 3.88. The van der Waals surface area contributed by atoms with Crippen molar-refractivity contribution in [2.45, 2.75) is 26.4 Å². The summed E-state index contributed by atoms with van der Waals surface area (Å²) in [6.45, 7) is 5.62. The summed E-state index contributed by atoms with van der Waals surface area (Å²) in [5.41, 5.74) is 1.01. The maximum Gasteiger partial charge on any atom is 0.192 e. The maximum atomic E-state index is 6.28. The number of aliphatic imine (C=N–C) groups is 1. The number of nitrogens with one attached hydrogen (secondary N) is 2. The van der Waals surface area contributed by atoms with Crippen LogP contribution in [0.4, 0.5) is 0 Å². The summed E-state index contributed by atoms with van der Waals surface area (Å²) < 4.78 is 7.02. The molecular weight excluding hydrogens is 467 g/mol. The van der Waals surface area contributed by atoms with Gasteiger partial charge in [-0.05, 0) is 25.5 Å². The molecule has 0 fully saturated rings. The Bertz CT molecular complexity index is 721. The van der Waals surface area contributed by atoms with E-state index in [0.717, 1.165) is 22.2 Å². The second kappa shape index (κ2) is 11.3. The molecule has 2 N–H and O–H groups in total. The van der Waals surface area contributed by atoms with Gasteiger partial charge in [0.05, 0.1) is 12.6 Å². The molecule has 0 amide bonds. The highest BCUT2D eigenvalue weighted by molar-refractivity contribution is 14.0. The van der Waals surface area contributed by atoms with E-state index in [2.05, 4.69) is 25.8 Å². The van der Waals surface area contributed by atoms with Gasteiger partial charge in [-0.1, -0.05) is 29.8 Å². The van der Waals surface area contributed by atoms with Crippen molar-refractivity contribution in [1.82, 2.24) is 25.4 Å². The van der Waals surface area contributed by atoms with Crippen molar-refractivity contribution in [2.75, 3.05) is 20.3 Å². The zero-order valence-corrected chi connectivity index (χ0v) is 18.6. The molecule has 0 aliphatic rings. The number of nitrogens with zero attached hydrogens (tertiary/aromatic N) is 4. The number of guanidine groups is 1. The molecule has 1 unspecified atom stereocenters. The molecule has 0 saturated carbocycles. The normalized spacial score (nSPS) is 12.4. The first-order chi connectivity index (χ1) is 12.0. The van der Waals surface area contributed by atoms with Crippen LogP contribution < -0.4 is 10.6 Å². The van der Waals surface area contributed by atoms with Crippen molar-refractivity contribution in [1.29, 1.82) is 0 Å². The fourth-order valence-corrected chi connectivity index (χ4v) is 2.57. The summed E-state index contributed by atoms with van der Waals surface area (Å²) in [6, 6.07) is 7.77. The number of aromatic nitrogens is 3. The van der Waals surface area contributed by atoms with Crippen LogP contribution in [-0.2, 0) is 18.3 Å². The third kappa shape index (κ3) is 6.40. The molecule has 0 radical (unpaired) electrons. The minimum atomic E-state index is 0. The summed E-state index contributed by atoms with van der Waals surface area (Å²) in [5, 5.41) is 15.5. The fraction of sp³-hybridized carbons (Fsp3) is 0.471. The van der Waals surface area contributed by atoms with Gasteiger partial charge >= 0.3 is 0 Å². The lowest BCUT2D eigenvalue weighted by Gasteiger charge is -2.19. The van der Waals surface area contributed by atoms with E-state index in [1.807, 2.05) is 49.7 Å². The quantitative estimate of drug-likeness (QED) is 0.269. The second-order valence-electron chi connectivity index (χ2n) is 5.69. The lowest BCUT2D eigenvalue weighted by atomic mass is 10.1. The second-order valence-corrected chi connectivity index (χ2v) is 6.10. The van der Waals surface area contributed by atoms with Crippen LogP contribution in [0.25, 0.3) is 0 Å². The maximum absolute atomic E-state index is 6.28. The molecular formula is C17H26ClIN6O. The van der Waals surface area contributed by atoms with Crippen LogP contribution >= 0.6 is 35.6 Å². The smallest absolute Gasteiger partial charge is 0.192 e. The average molecular weight is 493 g/mol. The van der Waals surface area contributed by atoms with E-state index in [9.17, 15) is 0 Å². The van der Waals surface area contributed by atoms with Crippen molar-refractivity contribution in [3.63, 3.8) is 0 Å². The molecule has 0 bridgehead atoms. The molecule has 1 aromatic heterocycles. The lowest BCUT2D eigenvalue weighted by molar-refractivity contribution is 0.203. The molecule has 1 aromatic carbocycles. The van der Waals surface area contributed by atoms with Gasteiger partial charge < -0.3 is 19.9 Å². The third-order valence-corrected chi connectivity index (χ3v) is 4.23. The molecule has 26 heavy (non-hydrogen) atoms. The number of aryl methyl sites for hydroxylation is 1. The highest BCUT2D eigenvalue weighted by Crippen LogP contribution is 2.21. The van der Waals surface area contributed by atoms with E-state index < -0.39 is 0 Å². The van der Waals surface area contributed by atoms with Crippen LogP contribution in [0.2, 0.25) is 5.02 Å². The largest absolute Gasteiger partial charge is 0.383 e. The van der Waals surface area contributed by atoms with Crippen LogP contribution in [0.15, 0.2) is 29.3 Å². The monoisotopic (exact) mass is 492 g/mol. The van der Waals surface area contributed by atoms with E-state index in [0.29, 0.717) is 25.7 Å². The molecule has 2 rings (SSSR count). The lowest BCUT2D eigenvalue weighted by Crippen LogP contribution is -2.40. The SMILES string of the molecule is COCCNC(=NCc1nnc(C)n1C)NC(C)c1ccccc1Cl.I. The van der Waals surface area contributed by atoms with Gasteiger partial charge in [0.2, 0.25) is 0 Å². The number of benzene rings is 1. The van der Waals surface area contributed by atoms with Gasteiger partial charge in [0, 0.05) is 25.7 Å². The van der Waals surface area contributed by atoms with Gasteiger partial charge in [-0.25, -0.2) is 4.99 Å². The van der Waals surface area contributed by atoms with Crippen LogP contribution in [0.5, 0.6) is 0 Å². The first-order valence-corrected chi connectivity index (χ1v) is 8.53. The summed E-state index contributed by atoms with van der Waals surface area (Å²) >= 11 is 6.28. The molecule has 144 valence electrons. The van der Waals surface area contributed by atoms with Crippen molar-refractivity contribution in [2.24, 2.45) is 12.0 Å². The Morgan fingerprint density at radius 3 is 2.69 bits per heavy atom. The van der Waals surface area contributed by atoms with Crippen LogP contribution in [0.3, 0.4) is 0 Å². The first kappa shape index (κ1) is 22.7. The standard InChI is InChI=1S/C17H25ClN6O.HI/c1-12(14-7-5-6-8-15(14)18)21-17(19-9-10-25-4)20-11-16-23-22-13(2)24(16)3;/h5-8,12H,9-11H2,1-4H3,(H2,19,20,21);1H. The van der Waals surface area contributed by atoms with Crippen LogP contribution in [0, 0.1) is 6.92 Å². The summed E-state index contributed by atoms with van der Waals surface area (Å²) in [5.74, 6) is 2.33. The molecule has 0 spiro atoms. The molecule has 2 aromatic rings. The number of rotatable bonds is 7. The molecule has 0 aliphatic heterocycles. The first-order valence-electron chi connectivity index (χ1n) is 8.16. The summed E-state index contributed by atoms with van der Waals surface area (Å²) in [4.78, 5) is 4.61. The van der Waals surface area contributed by atoms with E-state index in [4.69, 9.17) is 16.3 Å². The van der Waals surface area contributed by atoms with Crippen molar-refractivity contribution < 1.29 is 4.74 Å². The Balaban J connectivity index is 0.00000338. The number of hydrogen-bond acceptors (Lipinski definition) is 4. The number of halogens is 2. The Morgan fingerprint density at radius 1 is 1.35 bits per heavy atom. The molecule has 0 saturated heterocycles. The predicted octanol–water partition coefficient (Wildman–Crippen LogP) is 2.84. The molecule has 1 atom stereocenters. The molecule has 7 nitrogen and oxygen atoms in total. The van der Waals surface area contributed by atoms with Crippen molar-refractivity contribution in [3.8, 4) is 0 Å². The summed E-state index contributed by atoms with van der Waals surface area (Å²) in [7, 11) is 3.60. The predicted molar refractivity (Wildman–Crippen MR) is 115 cm³/mol. The zero-order valence-electron chi connectivity index (χ0n) is 15.5. The zero-order chi connectivity index (χ0) is 18.2. The number of hydrogen-bond donors (Lipinski definition) is 2. The van der Waals surface area contributed by atoms with E-state index >= 15 is 0 Å². The minimum absolute atomic E-state index is 0. The topological polar surface area (TPSA) is 76.4 Å². The van der Waals surface area contributed by atoms with Crippen molar-refractivity contribution in [3.05, 3.63) is 46.5 Å². The Kier molecular flexibility index (Phi) is 9.89. The van der Waals surface area contributed by atoms with E-state index in [1.54, 1.807) is 7.11 Å². The Hall–Kier alpha value is -1.39.